The van der Waals surface area contributed by atoms with Crippen LogP contribution in [0.1, 0.15) is 36.0 Å². The molecule has 0 bridgehead atoms. The lowest BCUT2D eigenvalue weighted by molar-refractivity contribution is 0.0383. The van der Waals surface area contributed by atoms with Crippen molar-refractivity contribution in [2.24, 2.45) is 0 Å². The van der Waals surface area contributed by atoms with Crippen LogP contribution in [0.15, 0.2) is 24.3 Å². The summed E-state index contributed by atoms with van der Waals surface area (Å²) in [7, 11) is 0. The van der Waals surface area contributed by atoms with E-state index in [9.17, 15) is 9.59 Å². The van der Waals surface area contributed by atoms with E-state index in [4.69, 9.17) is 4.74 Å². The largest absolute Gasteiger partial charge is 0.379 e. The molecule has 0 unspecified atom stereocenters. The highest BCUT2D eigenvalue weighted by Crippen LogP contribution is 2.10. The van der Waals surface area contributed by atoms with Crippen molar-refractivity contribution in [1.82, 2.24) is 20.4 Å². The minimum absolute atomic E-state index is 0.0998. The predicted molar refractivity (Wildman–Crippen MR) is 118 cm³/mol. The summed E-state index contributed by atoms with van der Waals surface area (Å²) in [4.78, 5) is 29.0. The number of likely N-dealkylation sites (tertiary alicyclic amines) is 1. The lowest BCUT2D eigenvalue weighted by atomic mass is 10.2. The molecule has 8 nitrogen and oxygen atoms in total. The Kier molecular flexibility index (Phi) is 9.40. The molecule has 1 aromatic carbocycles. The summed E-state index contributed by atoms with van der Waals surface area (Å²) in [6, 6.07) is 6.76. The smallest absolute Gasteiger partial charge is 0.319 e. The number of carbonyl (C=O) groups excluding carboxylic acids is 2. The molecule has 2 saturated heterocycles. The fourth-order valence-electron chi connectivity index (χ4n) is 3.80. The number of benzene rings is 1. The van der Waals surface area contributed by atoms with Gasteiger partial charge in [0.2, 0.25) is 0 Å². The molecule has 3 N–H and O–H groups in total. The quantitative estimate of drug-likeness (QED) is 0.505. The zero-order chi connectivity index (χ0) is 21.0. The Morgan fingerprint density at radius 3 is 2.27 bits per heavy atom. The molecule has 0 atom stereocenters. The molecule has 30 heavy (non-hydrogen) atoms. The van der Waals surface area contributed by atoms with Gasteiger partial charge in [0.15, 0.2) is 0 Å². The van der Waals surface area contributed by atoms with E-state index in [0.29, 0.717) is 24.3 Å². The molecular formula is C22H35N5O3. The van der Waals surface area contributed by atoms with Gasteiger partial charge in [-0.05, 0) is 69.6 Å². The first-order valence-electron chi connectivity index (χ1n) is 11.2. The Balaban J connectivity index is 1.28. The Morgan fingerprint density at radius 1 is 0.833 bits per heavy atom. The van der Waals surface area contributed by atoms with Gasteiger partial charge >= 0.3 is 6.03 Å². The number of hydrogen-bond donors (Lipinski definition) is 3. The molecule has 3 rings (SSSR count). The summed E-state index contributed by atoms with van der Waals surface area (Å²) in [5.74, 6) is -0.0998. The van der Waals surface area contributed by atoms with E-state index in [1.807, 2.05) is 0 Å². The Hall–Kier alpha value is -2.16. The summed E-state index contributed by atoms with van der Waals surface area (Å²) in [5.41, 5.74) is 1.26. The predicted octanol–water partition coefficient (Wildman–Crippen LogP) is 1.75. The number of nitrogens with one attached hydrogen (secondary N) is 3. The van der Waals surface area contributed by atoms with Crippen LogP contribution in [0.5, 0.6) is 0 Å². The molecule has 0 aliphatic carbocycles. The highest BCUT2D eigenvalue weighted by atomic mass is 16.5. The van der Waals surface area contributed by atoms with Crippen LogP contribution in [0.3, 0.4) is 0 Å². The molecular weight excluding hydrogens is 382 g/mol. The highest BCUT2D eigenvalue weighted by Gasteiger charge is 2.12. The number of morpholine rings is 1. The first-order chi connectivity index (χ1) is 14.7. The van der Waals surface area contributed by atoms with E-state index in [2.05, 4.69) is 25.8 Å². The van der Waals surface area contributed by atoms with Gasteiger partial charge in [-0.15, -0.1) is 0 Å². The minimum Gasteiger partial charge on any atom is -0.379 e. The number of rotatable bonds is 10. The number of hydrogen-bond acceptors (Lipinski definition) is 5. The van der Waals surface area contributed by atoms with E-state index in [-0.39, 0.29) is 11.9 Å². The van der Waals surface area contributed by atoms with Crippen molar-refractivity contribution >= 4 is 17.6 Å². The molecule has 2 fully saturated rings. The number of anilines is 1. The third kappa shape index (κ3) is 7.93. The van der Waals surface area contributed by atoms with Crippen molar-refractivity contribution in [2.75, 3.05) is 70.9 Å². The average Bonchev–Trinajstić information content (AvgIpc) is 3.28. The van der Waals surface area contributed by atoms with Crippen molar-refractivity contribution in [2.45, 2.75) is 25.7 Å². The molecule has 166 valence electrons. The van der Waals surface area contributed by atoms with Gasteiger partial charge in [0.25, 0.3) is 5.91 Å². The summed E-state index contributed by atoms with van der Waals surface area (Å²) >= 11 is 0. The maximum absolute atomic E-state index is 12.3. The molecule has 0 spiro atoms. The zero-order valence-corrected chi connectivity index (χ0v) is 17.8. The Labute approximate surface area is 179 Å². The fraction of sp³-hybridized carbons (Fsp3) is 0.636. The fourth-order valence-corrected chi connectivity index (χ4v) is 3.80. The van der Waals surface area contributed by atoms with Crippen LogP contribution >= 0.6 is 0 Å². The molecule has 0 saturated carbocycles. The zero-order valence-electron chi connectivity index (χ0n) is 17.8. The van der Waals surface area contributed by atoms with Crippen molar-refractivity contribution in [3.8, 4) is 0 Å². The lowest BCUT2D eigenvalue weighted by Crippen LogP contribution is -2.41. The van der Waals surface area contributed by atoms with Crippen LogP contribution in [-0.4, -0.2) is 87.3 Å². The highest BCUT2D eigenvalue weighted by molar-refractivity contribution is 5.95. The van der Waals surface area contributed by atoms with Gasteiger partial charge in [-0.25, -0.2) is 4.79 Å². The number of urea groups is 1. The third-order valence-corrected chi connectivity index (χ3v) is 5.61. The maximum atomic E-state index is 12.3. The Morgan fingerprint density at radius 2 is 1.53 bits per heavy atom. The van der Waals surface area contributed by atoms with Crippen LogP contribution in [0.25, 0.3) is 0 Å². The molecule has 0 radical (unpaired) electrons. The van der Waals surface area contributed by atoms with Crippen LogP contribution < -0.4 is 16.0 Å². The van der Waals surface area contributed by atoms with E-state index >= 15 is 0 Å². The van der Waals surface area contributed by atoms with Crippen LogP contribution in [0, 0.1) is 0 Å². The van der Waals surface area contributed by atoms with Crippen molar-refractivity contribution < 1.29 is 14.3 Å². The normalized spacial score (nSPS) is 17.6. The average molecular weight is 418 g/mol. The summed E-state index contributed by atoms with van der Waals surface area (Å²) < 4.78 is 5.32. The second-order valence-corrected chi connectivity index (χ2v) is 7.92. The van der Waals surface area contributed by atoms with Crippen LogP contribution in [0.2, 0.25) is 0 Å². The van der Waals surface area contributed by atoms with Gasteiger partial charge < -0.3 is 25.6 Å². The van der Waals surface area contributed by atoms with Gasteiger partial charge in [-0.3, -0.25) is 9.69 Å². The Bertz CT molecular complexity index is 655. The molecule has 2 aliphatic rings. The molecule has 8 heteroatoms. The third-order valence-electron chi connectivity index (χ3n) is 5.61. The summed E-state index contributed by atoms with van der Waals surface area (Å²) in [6.45, 7) is 9.01. The number of nitrogens with zero attached hydrogens (tertiary/aromatic N) is 2. The molecule has 2 aliphatic heterocycles. The number of unbranched alkanes of at least 4 members (excludes halogenated alkanes) is 1. The van der Waals surface area contributed by atoms with Gasteiger partial charge in [0, 0.05) is 44.0 Å². The second-order valence-electron chi connectivity index (χ2n) is 7.92. The topological polar surface area (TPSA) is 85.9 Å². The lowest BCUT2D eigenvalue weighted by Gasteiger charge is -2.26. The van der Waals surface area contributed by atoms with E-state index in [1.165, 1.54) is 25.9 Å². The minimum atomic E-state index is -0.209. The number of amides is 3. The molecule has 1 aromatic rings. The van der Waals surface area contributed by atoms with Crippen LogP contribution in [-0.2, 0) is 4.74 Å². The van der Waals surface area contributed by atoms with E-state index in [1.54, 1.807) is 24.3 Å². The van der Waals surface area contributed by atoms with Gasteiger partial charge in [-0.2, -0.15) is 0 Å². The van der Waals surface area contributed by atoms with Gasteiger partial charge in [0.1, 0.15) is 0 Å². The van der Waals surface area contributed by atoms with Gasteiger partial charge in [-0.1, -0.05) is 0 Å². The second kappa shape index (κ2) is 12.5. The van der Waals surface area contributed by atoms with Gasteiger partial charge in [0.05, 0.1) is 13.2 Å². The van der Waals surface area contributed by atoms with E-state index in [0.717, 1.165) is 52.2 Å². The number of carbonyl (C=O) groups is 2. The molecule has 3 amide bonds. The molecule has 2 heterocycles. The van der Waals surface area contributed by atoms with Crippen molar-refractivity contribution in [3.63, 3.8) is 0 Å². The maximum Gasteiger partial charge on any atom is 0.319 e. The van der Waals surface area contributed by atoms with Crippen molar-refractivity contribution in [3.05, 3.63) is 29.8 Å². The van der Waals surface area contributed by atoms with E-state index < -0.39 is 0 Å². The first kappa shape index (κ1) is 22.5. The summed E-state index contributed by atoms with van der Waals surface area (Å²) in [6.07, 6.45) is 4.72. The first-order valence-corrected chi connectivity index (χ1v) is 11.2. The number of ether oxygens (including phenoxy) is 1. The summed E-state index contributed by atoms with van der Waals surface area (Å²) in [5, 5.41) is 8.65. The SMILES string of the molecule is O=C(NCCCCN1CCCC1)Nc1ccc(C(=O)NCCN2CCOCC2)cc1. The van der Waals surface area contributed by atoms with Crippen molar-refractivity contribution in [1.29, 1.82) is 0 Å². The monoisotopic (exact) mass is 417 g/mol. The van der Waals surface area contributed by atoms with Crippen LogP contribution in [0.4, 0.5) is 10.5 Å². The standard InChI is InChI=1S/C22H35N5O3/c28-21(23-10-14-27-15-17-30-18-16-27)19-5-7-20(8-6-19)25-22(29)24-9-1-2-11-26-12-3-4-13-26/h5-8H,1-4,9-18H2,(H,23,28)(H2,24,25,29). The molecule has 0 aromatic heterocycles.